The molecule has 7 heteroatoms. The maximum absolute atomic E-state index is 12.9. The first-order valence-corrected chi connectivity index (χ1v) is 10.7. The van der Waals surface area contributed by atoms with E-state index in [2.05, 4.69) is 23.9 Å². The number of allylic oxidation sites excluding steroid dienone is 1. The number of rotatable bonds is 4. The minimum atomic E-state index is 0.0224. The van der Waals surface area contributed by atoms with Crippen LogP contribution in [0.3, 0.4) is 0 Å². The number of carbonyl (C=O) groups excluding carboxylic acids is 1. The van der Waals surface area contributed by atoms with Gasteiger partial charge in [0.15, 0.2) is 11.5 Å². The Morgan fingerprint density at radius 3 is 2.81 bits per heavy atom. The largest absolute Gasteiger partial charge is 0.396 e. The number of hydrogen-bond acceptors (Lipinski definition) is 5. The number of likely N-dealkylation sites (tertiary alicyclic amines) is 1. The molecule has 0 aromatic carbocycles. The number of pyridine rings is 1. The molecule has 2 N–H and O–H groups in total. The van der Waals surface area contributed by atoms with E-state index in [0.29, 0.717) is 22.7 Å². The molecule has 1 aliphatic rings. The highest BCUT2D eigenvalue weighted by Gasteiger charge is 2.25. The maximum atomic E-state index is 12.9. The fourth-order valence-electron chi connectivity index (χ4n) is 3.14. The first-order chi connectivity index (χ1) is 13.0. The van der Waals surface area contributed by atoms with Gasteiger partial charge in [0.05, 0.1) is 16.5 Å². The van der Waals surface area contributed by atoms with E-state index < -0.39 is 0 Å². The Balaban J connectivity index is 0.00000126. The molecule has 2 aromatic rings. The number of fused-ring (bicyclic) bond motifs is 1. The minimum Gasteiger partial charge on any atom is -0.396 e. The molecule has 1 aliphatic heterocycles. The summed E-state index contributed by atoms with van der Waals surface area (Å²) in [6, 6.07) is 1.99. The van der Waals surface area contributed by atoms with E-state index in [1.165, 1.54) is 6.42 Å². The summed E-state index contributed by atoms with van der Waals surface area (Å²) < 4.78 is 1.64. The quantitative estimate of drug-likeness (QED) is 0.821. The second-order valence-electron chi connectivity index (χ2n) is 6.51. The van der Waals surface area contributed by atoms with Crippen molar-refractivity contribution in [3.05, 3.63) is 35.1 Å². The highest BCUT2D eigenvalue weighted by molar-refractivity contribution is 8.02. The third kappa shape index (κ3) is 4.83. The standard InChI is InChI=1S/C18H25N5OS.C2H6/c1-4-9-25-13(3)16-20-17-15(19)10-14(11-23(17)21-16)18(24)22-8-6-5-7-12(22)2;1-2/h4,9-13H,5-8,19H2,1-3H3;1-2H3/b9-4-;. The number of carbonyl (C=O) groups is 1. The van der Waals surface area contributed by atoms with Crippen molar-refractivity contribution >= 4 is 29.0 Å². The van der Waals surface area contributed by atoms with Crippen molar-refractivity contribution in [1.29, 1.82) is 0 Å². The monoisotopic (exact) mass is 389 g/mol. The Kier molecular flexibility index (Phi) is 7.71. The summed E-state index contributed by atoms with van der Waals surface area (Å²) in [6.07, 6.45) is 7.03. The van der Waals surface area contributed by atoms with E-state index in [0.717, 1.165) is 19.4 Å². The third-order valence-corrected chi connectivity index (χ3v) is 5.62. The van der Waals surface area contributed by atoms with E-state index in [-0.39, 0.29) is 17.2 Å². The summed E-state index contributed by atoms with van der Waals surface area (Å²) in [5.41, 5.74) is 7.82. The molecular weight excluding hydrogens is 358 g/mol. The van der Waals surface area contributed by atoms with Gasteiger partial charge in [-0.05, 0) is 51.5 Å². The molecule has 2 atom stereocenters. The maximum Gasteiger partial charge on any atom is 0.255 e. The third-order valence-electron chi connectivity index (χ3n) is 4.57. The van der Waals surface area contributed by atoms with Crippen molar-refractivity contribution in [2.75, 3.05) is 12.3 Å². The Hall–Kier alpha value is -2.02. The molecule has 1 fully saturated rings. The second kappa shape index (κ2) is 9.78. The molecule has 6 nitrogen and oxygen atoms in total. The molecule has 148 valence electrons. The molecule has 3 rings (SSSR count). The number of nitrogens with zero attached hydrogens (tertiary/aromatic N) is 4. The topological polar surface area (TPSA) is 76.5 Å². The Morgan fingerprint density at radius 2 is 2.15 bits per heavy atom. The van der Waals surface area contributed by atoms with Gasteiger partial charge in [-0.3, -0.25) is 4.79 Å². The van der Waals surface area contributed by atoms with E-state index in [9.17, 15) is 4.79 Å². The van der Waals surface area contributed by atoms with Gasteiger partial charge in [0.2, 0.25) is 0 Å². The highest BCUT2D eigenvalue weighted by Crippen LogP contribution is 2.28. The van der Waals surface area contributed by atoms with Crippen molar-refractivity contribution in [2.24, 2.45) is 0 Å². The first kappa shape index (κ1) is 21.3. The molecule has 0 aliphatic carbocycles. The number of piperidine rings is 1. The van der Waals surface area contributed by atoms with Crippen molar-refractivity contribution in [3.8, 4) is 0 Å². The summed E-state index contributed by atoms with van der Waals surface area (Å²) in [5, 5.41) is 6.68. The van der Waals surface area contributed by atoms with Gasteiger partial charge in [-0.1, -0.05) is 19.9 Å². The zero-order valence-electron chi connectivity index (χ0n) is 17.0. The van der Waals surface area contributed by atoms with Crippen molar-refractivity contribution in [3.63, 3.8) is 0 Å². The van der Waals surface area contributed by atoms with E-state index in [4.69, 9.17) is 5.73 Å². The van der Waals surface area contributed by atoms with Crippen LogP contribution in [0.4, 0.5) is 5.69 Å². The lowest BCUT2D eigenvalue weighted by atomic mass is 10.0. The number of nitrogens with two attached hydrogens (primary N) is 1. The number of amides is 1. The fraction of sp³-hybridized carbons (Fsp3) is 0.550. The number of hydrogen-bond donors (Lipinski definition) is 1. The van der Waals surface area contributed by atoms with Crippen LogP contribution in [-0.4, -0.2) is 38.0 Å². The zero-order valence-corrected chi connectivity index (χ0v) is 17.8. The Morgan fingerprint density at radius 1 is 1.41 bits per heavy atom. The lowest BCUT2D eigenvalue weighted by Crippen LogP contribution is -2.42. The van der Waals surface area contributed by atoms with E-state index >= 15 is 0 Å². The van der Waals surface area contributed by atoms with Crippen LogP contribution in [0.15, 0.2) is 23.7 Å². The lowest BCUT2D eigenvalue weighted by molar-refractivity contribution is 0.0635. The van der Waals surface area contributed by atoms with Crippen LogP contribution in [0, 0.1) is 0 Å². The van der Waals surface area contributed by atoms with Crippen molar-refractivity contribution in [2.45, 2.75) is 65.2 Å². The van der Waals surface area contributed by atoms with Gasteiger partial charge < -0.3 is 10.6 Å². The van der Waals surface area contributed by atoms with Crippen LogP contribution in [-0.2, 0) is 0 Å². The van der Waals surface area contributed by atoms with Crippen LogP contribution in [0.2, 0.25) is 0 Å². The second-order valence-corrected chi connectivity index (χ2v) is 7.76. The molecule has 0 saturated carbocycles. The molecule has 0 spiro atoms. The predicted octanol–water partition coefficient (Wildman–Crippen LogP) is 4.68. The number of nitrogen functional groups attached to an aromatic ring is 1. The van der Waals surface area contributed by atoms with Gasteiger partial charge in [0.1, 0.15) is 0 Å². The van der Waals surface area contributed by atoms with Crippen molar-refractivity contribution < 1.29 is 4.79 Å². The number of anilines is 1. The minimum absolute atomic E-state index is 0.0224. The van der Waals surface area contributed by atoms with Crippen LogP contribution < -0.4 is 5.73 Å². The van der Waals surface area contributed by atoms with Gasteiger partial charge in [0.25, 0.3) is 5.91 Å². The molecule has 27 heavy (non-hydrogen) atoms. The molecule has 0 bridgehead atoms. The van der Waals surface area contributed by atoms with Gasteiger partial charge >= 0.3 is 0 Å². The highest BCUT2D eigenvalue weighted by atomic mass is 32.2. The van der Waals surface area contributed by atoms with Crippen LogP contribution in [0.1, 0.15) is 75.3 Å². The van der Waals surface area contributed by atoms with Crippen molar-refractivity contribution in [1.82, 2.24) is 19.5 Å². The normalized spacial score (nSPS) is 18.4. The summed E-state index contributed by atoms with van der Waals surface area (Å²) in [5.74, 6) is 0.736. The molecule has 2 aromatic heterocycles. The van der Waals surface area contributed by atoms with Gasteiger partial charge in [0, 0.05) is 18.8 Å². The Bertz CT molecular complexity index is 801. The van der Waals surface area contributed by atoms with E-state index in [1.54, 1.807) is 28.5 Å². The average molecular weight is 390 g/mol. The number of aromatic nitrogens is 3. The predicted molar refractivity (Wildman–Crippen MR) is 114 cm³/mol. The van der Waals surface area contributed by atoms with Crippen LogP contribution >= 0.6 is 11.8 Å². The smallest absolute Gasteiger partial charge is 0.255 e. The molecule has 0 radical (unpaired) electrons. The zero-order chi connectivity index (χ0) is 20.0. The first-order valence-electron chi connectivity index (χ1n) is 9.74. The SMILES string of the molecule is C/C=C\SC(C)c1nc2c(N)cc(C(=O)N3CCCCC3C)cn2n1.CC. The van der Waals surface area contributed by atoms with Crippen LogP contribution in [0.25, 0.3) is 5.65 Å². The Labute approximate surface area is 166 Å². The van der Waals surface area contributed by atoms with Gasteiger partial charge in [-0.15, -0.1) is 11.8 Å². The molecule has 2 unspecified atom stereocenters. The average Bonchev–Trinajstić information content (AvgIpc) is 3.12. The molecular formula is C20H31N5OS. The lowest BCUT2D eigenvalue weighted by Gasteiger charge is -2.33. The van der Waals surface area contributed by atoms with Gasteiger partial charge in [-0.2, -0.15) is 5.10 Å². The van der Waals surface area contributed by atoms with Crippen LogP contribution in [0.5, 0.6) is 0 Å². The molecule has 3 heterocycles. The summed E-state index contributed by atoms with van der Waals surface area (Å²) >= 11 is 1.65. The summed E-state index contributed by atoms with van der Waals surface area (Å²) in [4.78, 5) is 19.4. The fourth-order valence-corrected chi connectivity index (χ4v) is 3.75. The number of thioether (sulfide) groups is 1. The van der Waals surface area contributed by atoms with E-state index in [1.807, 2.05) is 37.2 Å². The molecule has 1 amide bonds. The van der Waals surface area contributed by atoms with Gasteiger partial charge in [-0.25, -0.2) is 9.50 Å². The summed E-state index contributed by atoms with van der Waals surface area (Å²) in [6.45, 7) is 10.9. The summed E-state index contributed by atoms with van der Waals surface area (Å²) in [7, 11) is 0. The molecule has 1 saturated heterocycles.